The second-order valence-electron chi connectivity index (χ2n) is 4.54. The predicted octanol–water partition coefficient (Wildman–Crippen LogP) is 3.24. The van der Waals surface area contributed by atoms with Crippen LogP contribution in [-0.4, -0.2) is 20.6 Å². The maximum absolute atomic E-state index is 11.0. The third-order valence-electron chi connectivity index (χ3n) is 3.26. The van der Waals surface area contributed by atoms with E-state index < -0.39 is 10.9 Å². The third-order valence-corrected chi connectivity index (χ3v) is 3.26. The number of nitro groups is 1. The van der Waals surface area contributed by atoms with E-state index in [9.17, 15) is 14.9 Å². The summed E-state index contributed by atoms with van der Waals surface area (Å²) in [6.07, 6.45) is 1.76. The molecule has 0 aliphatic carbocycles. The molecule has 0 aliphatic rings. The lowest BCUT2D eigenvalue weighted by molar-refractivity contribution is -0.384. The lowest BCUT2D eigenvalue weighted by Gasteiger charge is -2.06. The standard InChI is InChI=1S/C15H10N2O4/c18-15(19)11-2-1-3-12(9-11)16-7-6-10-8-13(17(20)21)4-5-14(10)16/h1-9H,(H,18,19). The predicted molar refractivity (Wildman–Crippen MR) is 76.9 cm³/mol. The molecule has 21 heavy (non-hydrogen) atoms. The van der Waals surface area contributed by atoms with Crippen LogP contribution in [0.5, 0.6) is 0 Å². The Bertz CT molecular complexity index is 867. The molecular weight excluding hydrogens is 272 g/mol. The van der Waals surface area contributed by atoms with Crippen molar-refractivity contribution in [3.8, 4) is 5.69 Å². The summed E-state index contributed by atoms with van der Waals surface area (Å²) >= 11 is 0. The molecule has 104 valence electrons. The summed E-state index contributed by atoms with van der Waals surface area (Å²) in [7, 11) is 0. The van der Waals surface area contributed by atoms with Crippen LogP contribution >= 0.6 is 0 Å². The van der Waals surface area contributed by atoms with Crippen LogP contribution in [0.3, 0.4) is 0 Å². The van der Waals surface area contributed by atoms with Crippen molar-refractivity contribution in [2.75, 3.05) is 0 Å². The summed E-state index contributed by atoms with van der Waals surface area (Å²) in [6.45, 7) is 0. The minimum Gasteiger partial charge on any atom is -0.478 e. The second-order valence-corrected chi connectivity index (χ2v) is 4.54. The average molecular weight is 282 g/mol. The molecule has 0 saturated carbocycles. The Hall–Kier alpha value is -3.15. The number of carboxylic acids is 1. The van der Waals surface area contributed by atoms with Crippen molar-refractivity contribution in [3.05, 3.63) is 70.4 Å². The van der Waals surface area contributed by atoms with Crippen LogP contribution in [0.2, 0.25) is 0 Å². The van der Waals surface area contributed by atoms with Gasteiger partial charge in [0.15, 0.2) is 0 Å². The molecule has 0 saturated heterocycles. The lowest BCUT2D eigenvalue weighted by atomic mass is 10.2. The van der Waals surface area contributed by atoms with Crippen molar-refractivity contribution in [1.82, 2.24) is 4.57 Å². The van der Waals surface area contributed by atoms with Crippen molar-refractivity contribution in [3.63, 3.8) is 0 Å². The van der Waals surface area contributed by atoms with E-state index >= 15 is 0 Å². The van der Waals surface area contributed by atoms with Gasteiger partial charge in [-0.25, -0.2) is 4.79 Å². The van der Waals surface area contributed by atoms with Crippen molar-refractivity contribution < 1.29 is 14.8 Å². The van der Waals surface area contributed by atoms with E-state index in [2.05, 4.69) is 0 Å². The Balaban J connectivity index is 2.15. The third kappa shape index (κ3) is 2.23. The molecule has 1 aromatic heterocycles. The van der Waals surface area contributed by atoms with Crippen LogP contribution in [0.4, 0.5) is 5.69 Å². The first-order chi connectivity index (χ1) is 10.1. The highest BCUT2D eigenvalue weighted by Crippen LogP contribution is 2.25. The number of carbonyl (C=O) groups is 1. The smallest absolute Gasteiger partial charge is 0.335 e. The van der Waals surface area contributed by atoms with Crippen LogP contribution in [0.25, 0.3) is 16.6 Å². The van der Waals surface area contributed by atoms with Gasteiger partial charge in [0, 0.05) is 29.4 Å². The van der Waals surface area contributed by atoms with E-state index in [0.717, 1.165) is 10.9 Å². The quantitative estimate of drug-likeness (QED) is 0.590. The normalized spacial score (nSPS) is 10.7. The number of aromatic nitrogens is 1. The average Bonchev–Trinajstić information content (AvgIpc) is 2.90. The number of hydrogen-bond donors (Lipinski definition) is 1. The minimum absolute atomic E-state index is 0.0273. The first kappa shape index (κ1) is 12.9. The highest BCUT2D eigenvalue weighted by Gasteiger charge is 2.10. The van der Waals surface area contributed by atoms with Gasteiger partial charge < -0.3 is 9.67 Å². The van der Waals surface area contributed by atoms with E-state index in [0.29, 0.717) is 5.69 Å². The number of fused-ring (bicyclic) bond motifs is 1. The summed E-state index contributed by atoms with van der Waals surface area (Å²) < 4.78 is 1.80. The Morgan fingerprint density at radius 3 is 2.67 bits per heavy atom. The molecule has 0 unspecified atom stereocenters. The zero-order valence-corrected chi connectivity index (χ0v) is 10.8. The molecule has 2 aromatic carbocycles. The molecule has 0 amide bonds. The number of aromatic carboxylic acids is 1. The topological polar surface area (TPSA) is 85.4 Å². The number of nitro benzene ring substituents is 1. The lowest BCUT2D eigenvalue weighted by Crippen LogP contribution is -1.99. The molecular formula is C15H10N2O4. The SMILES string of the molecule is O=C(O)c1cccc(-n2ccc3cc([N+](=O)[O-])ccc32)c1. The zero-order valence-electron chi connectivity index (χ0n) is 10.8. The van der Waals surface area contributed by atoms with Gasteiger partial charge in [-0.3, -0.25) is 10.1 Å². The monoisotopic (exact) mass is 282 g/mol. The van der Waals surface area contributed by atoms with E-state index in [1.807, 2.05) is 0 Å². The molecule has 3 rings (SSSR count). The van der Waals surface area contributed by atoms with Crippen LogP contribution in [0.1, 0.15) is 10.4 Å². The van der Waals surface area contributed by atoms with Gasteiger partial charge in [0.25, 0.3) is 5.69 Å². The highest BCUT2D eigenvalue weighted by atomic mass is 16.6. The van der Waals surface area contributed by atoms with Crippen LogP contribution in [0, 0.1) is 10.1 Å². The van der Waals surface area contributed by atoms with Gasteiger partial charge in [-0.1, -0.05) is 6.07 Å². The molecule has 0 aliphatic heterocycles. The number of non-ortho nitro benzene ring substituents is 1. The Labute approximate surface area is 119 Å². The molecule has 3 aromatic rings. The molecule has 0 spiro atoms. The van der Waals surface area contributed by atoms with Gasteiger partial charge in [0.05, 0.1) is 16.0 Å². The summed E-state index contributed by atoms with van der Waals surface area (Å²) in [5.74, 6) is -0.996. The van der Waals surface area contributed by atoms with Crippen LogP contribution < -0.4 is 0 Å². The molecule has 1 N–H and O–H groups in total. The van der Waals surface area contributed by atoms with E-state index in [4.69, 9.17) is 5.11 Å². The highest BCUT2D eigenvalue weighted by molar-refractivity contribution is 5.89. The number of carboxylic acid groups (broad SMARTS) is 1. The fraction of sp³-hybridized carbons (Fsp3) is 0. The molecule has 1 heterocycles. The van der Waals surface area contributed by atoms with Crippen molar-refractivity contribution in [2.45, 2.75) is 0 Å². The molecule has 6 heteroatoms. The van der Waals surface area contributed by atoms with Gasteiger partial charge in [-0.05, 0) is 30.3 Å². The first-order valence-corrected chi connectivity index (χ1v) is 6.15. The molecule has 0 bridgehead atoms. The minimum atomic E-state index is -0.996. The maximum atomic E-state index is 11.0. The van der Waals surface area contributed by atoms with Gasteiger partial charge in [0.1, 0.15) is 0 Å². The van der Waals surface area contributed by atoms with Crippen LogP contribution in [0.15, 0.2) is 54.7 Å². The number of rotatable bonds is 3. The Kier molecular flexibility index (Phi) is 2.91. The first-order valence-electron chi connectivity index (χ1n) is 6.15. The van der Waals surface area contributed by atoms with Crippen LogP contribution in [-0.2, 0) is 0 Å². The largest absolute Gasteiger partial charge is 0.478 e. The number of benzene rings is 2. The van der Waals surface area contributed by atoms with E-state index in [-0.39, 0.29) is 11.3 Å². The number of nitrogens with zero attached hydrogens (tertiary/aromatic N) is 2. The summed E-state index contributed by atoms with van der Waals surface area (Å²) in [6, 6.07) is 12.9. The summed E-state index contributed by atoms with van der Waals surface area (Å²) in [5.41, 5.74) is 1.69. The van der Waals surface area contributed by atoms with Crippen molar-refractivity contribution in [2.24, 2.45) is 0 Å². The van der Waals surface area contributed by atoms with Gasteiger partial charge in [0.2, 0.25) is 0 Å². The van der Waals surface area contributed by atoms with Crippen molar-refractivity contribution in [1.29, 1.82) is 0 Å². The van der Waals surface area contributed by atoms with Gasteiger partial charge in [-0.15, -0.1) is 0 Å². The molecule has 0 radical (unpaired) electrons. The van der Waals surface area contributed by atoms with Crippen molar-refractivity contribution >= 4 is 22.6 Å². The maximum Gasteiger partial charge on any atom is 0.335 e. The number of hydrogen-bond acceptors (Lipinski definition) is 3. The second kappa shape index (κ2) is 4.75. The summed E-state index contributed by atoms with van der Waals surface area (Å²) in [5, 5.41) is 20.5. The van der Waals surface area contributed by atoms with E-state index in [1.165, 1.54) is 18.2 Å². The van der Waals surface area contributed by atoms with Gasteiger partial charge >= 0.3 is 5.97 Å². The fourth-order valence-electron chi connectivity index (χ4n) is 2.26. The van der Waals surface area contributed by atoms with E-state index in [1.54, 1.807) is 41.1 Å². The van der Waals surface area contributed by atoms with Gasteiger partial charge in [-0.2, -0.15) is 0 Å². The fourth-order valence-corrected chi connectivity index (χ4v) is 2.26. The molecule has 6 nitrogen and oxygen atoms in total. The Morgan fingerprint density at radius 2 is 1.95 bits per heavy atom. The summed E-state index contributed by atoms with van der Waals surface area (Å²) in [4.78, 5) is 21.4. The zero-order chi connectivity index (χ0) is 15.0. The molecule has 0 fully saturated rings. The Morgan fingerprint density at radius 1 is 1.14 bits per heavy atom. The molecule has 0 atom stereocenters.